The molecule has 2 nitrogen and oxygen atoms in total. The van der Waals surface area contributed by atoms with Crippen LogP contribution in [0.1, 0.15) is 42.1 Å². The Morgan fingerprint density at radius 3 is 3.00 bits per heavy atom. The van der Waals surface area contributed by atoms with Crippen LogP contribution in [0.15, 0.2) is 0 Å². The average molecular weight is 198 g/mol. The molecule has 1 heterocycles. The van der Waals surface area contributed by atoms with Crippen molar-refractivity contribution in [1.82, 2.24) is 9.78 Å². The van der Waals surface area contributed by atoms with Crippen LogP contribution in [0, 0.1) is 5.92 Å². The van der Waals surface area contributed by atoms with Gasteiger partial charge in [-0.3, -0.25) is 4.68 Å². The predicted molar refractivity (Wildman–Crippen MR) is 47.3 cm³/mol. The summed E-state index contributed by atoms with van der Waals surface area (Å²) in [5.74, 6) is 1.28. The van der Waals surface area contributed by atoms with Gasteiger partial charge in [0.05, 0.1) is 0 Å². The highest BCUT2D eigenvalue weighted by Crippen LogP contribution is 2.55. The van der Waals surface area contributed by atoms with E-state index in [0.29, 0.717) is 5.92 Å². The molecule has 2 atom stereocenters. The fourth-order valence-electron chi connectivity index (χ4n) is 2.73. The monoisotopic (exact) mass is 198 g/mol. The number of halogens is 2. The van der Waals surface area contributed by atoms with Gasteiger partial charge in [0.1, 0.15) is 5.69 Å². The van der Waals surface area contributed by atoms with E-state index in [1.165, 1.54) is 6.42 Å². The maximum atomic E-state index is 12.6. The van der Waals surface area contributed by atoms with E-state index in [1.807, 2.05) is 0 Å². The zero-order valence-corrected chi connectivity index (χ0v) is 8.00. The largest absolute Gasteiger partial charge is 0.282 e. The number of rotatable bonds is 1. The Hall–Kier alpha value is -0.930. The quantitative estimate of drug-likeness (QED) is 0.677. The molecule has 2 unspecified atom stereocenters. The van der Waals surface area contributed by atoms with Crippen LogP contribution in [-0.2, 0) is 13.5 Å². The molecule has 2 aliphatic carbocycles. The van der Waals surface area contributed by atoms with Crippen molar-refractivity contribution in [2.75, 3.05) is 0 Å². The fraction of sp³-hybridized carbons (Fsp3) is 0.700. The van der Waals surface area contributed by atoms with E-state index in [1.54, 1.807) is 11.7 Å². The summed E-state index contributed by atoms with van der Waals surface area (Å²) in [6, 6.07) is 0. The Morgan fingerprint density at radius 1 is 1.50 bits per heavy atom. The zero-order chi connectivity index (χ0) is 9.87. The van der Waals surface area contributed by atoms with Crippen LogP contribution in [0.3, 0.4) is 0 Å². The summed E-state index contributed by atoms with van der Waals surface area (Å²) >= 11 is 0. The highest BCUT2D eigenvalue weighted by Gasteiger charge is 2.46. The molecule has 1 aromatic rings. The molecule has 14 heavy (non-hydrogen) atoms. The van der Waals surface area contributed by atoms with Crippen LogP contribution in [0.25, 0.3) is 0 Å². The SMILES string of the molecule is Cn1nc(C(F)F)c2c1C1CC1CC2. The van der Waals surface area contributed by atoms with Gasteiger partial charge in [0.2, 0.25) is 0 Å². The van der Waals surface area contributed by atoms with Crippen LogP contribution in [0.5, 0.6) is 0 Å². The summed E-state index contributed by atoms with van der Waals surface area (Å²) in [7, 11) is 1.78. The number of nitrogens with zero attached hydrogens (tertiary/aromatic N) is 2. The maximum Gasteiger partial charge on any atom is 0.282 e. The molecule has 0 bridgehead atoms. The highest BCUT2D eigenvalue weighted by atomic mass is 19.3. The van der Waals surface area contributed by atoms with Gasteiger partial charge < -0.3 is 0 Å². The van der Waals surface area contributed by atoms with Crippen molar-refractivity contribution >= 4 is 0 Å². The third-order valence-electron chi connectivity index (χ3n) is 3.47. The number of fused-ring (bicyclic) bond motifs is 3. The van der Waals surface area contributed by atoms with Crippen molar-refractivity contribution in [2.45, 2.75) is 31.6 Å². The van der Waals surface area contributed by atoms with Gasteiger partial charge in [0, 0.05) is 24.2 Å². The Kier molecular flexibility index (Phi) is 1.53. The molecule has 0 radical (unpaired) electrons. The van der Waals surface area contributed by atoms with Gasteiger partial charge in [-0.2, -0.15) is 5.10 Å². The van der Waals surface area contributed by atoms with Crippen molar-refractivity contribution in [1.29, 1.82) is 0 Å². The van der Waals surface area contributed by atoms with E-state index < -0.39 is 6.43 Å². The molecule has 1 fully saturated rings. The van der Waals surface area contributed by atoms with Crippen molar-refractivity contribution in [3.05, 3.63) is 17.0 Å². The second kappa shape index (κ2) is 2.55. The lowest BCUT2D eigenvalue weighted by Gasteiger charge is -2.11. The van der Waals surface area contributed by atoms with Crippen molar-refractivity contribution < 1.29 is 8.78 Å². The van der Waals surface area contributed by atoms with E-state index in [9.17, 15) is 8.78 Å². The number of aromatic nitrogens is 2. The first-order valence-corrected chi connectivity index (χ1v) is 5.02. The standard InChI is InChI=1S/C10H12F2N2/c1-14-9-6(8(13-14)10(11)12)3-2-5-4-7(5)9/h5,7,10H,2-4H2,1H3. The fourth-order valence-corrected chi connectivity index (χ4v) is 2.73. The van der Waals surface area contributed by atoms with Gasteiger partial charge >= 0.3 is 0 Å². The van der Waals surface area contributed by atoms with Crippen LogP contribution < -0.4 is 0 Å². The minimum Gasteiger partial charge on any atom is -0.272 e. The van der Waals surface area contributed by atoms with Crippen LogP contribution >= 0.6 is 0 Å². The summed E-state index contributed by atoms with van der Waals surface area (Å²) in [6.45, 7) is 0. The first-order chi connectivity index (χ1) is 6.68. The van der Waals surface area contributed by atoms with Gasteiger partial charge in [0.25, 0.3) is 6.43 Å². The van der Waals surface area contributed by atoms with Crippen LogP contribution in [-0.4, -0.2) is 9.78 Å². The molecule has 1 aromatic heterocycles. The van der Waals surface area contributed by atoms with Gasteiger partial charge in [-0.15, -0.1) is 0 Å². The topological polar surface area (TPSA) is 17.8 Å². The summed E-state index contributed by atoms with van der Waals surface area (Å²) in [5.41, 5.74) is 1.94. The molecule has 4 heteroatoms. The van der Waals surface area contributed by atoms with Crippen molar-refractivity contribution in [2.24, 2.45) is 13.0 Å². The summed E-state index contributed by atoms with van der Waals surface area (Å²) < 4.78 is 26.9. The van der Waals surface area contributed by atoms with Gasteiger partial charge in [-0.1, -0.05) is 0 Å². The van der Waals surface area contributed by atoms with Crippen LogP contribution in [0.2, 0.25) is 0 Å². The highest BCUT2D eigenvalue weighted by molar-refractivity contribution is 5.36. The van der Waals surface area contributed by atoms with Crippen molar-refractivity contribution in [3.63, 3.8) is 0 Å². The van der Waals surface area contributed by atoms with E-state index in [2.05, 4.69) is 5.10 Å². The smallest absolute Gasteiger partial charge is 0.272 e. The molecular formula is C10H12F2N2. The average Bonchev–Trinajstić information content (AvgIpc) is 2.84. The molecule has 0 N–H and O–H groups in total. The minimum atomic E-state index is -2.42. The molecule has 0 spiro atoms. The maximum absolute atomic E-state index is 12.6. The molecule has 76 valence electrons. The third-order valence-corrected chi connectivity index (χ3v) is 3.47. The molecule has 0 amide bonds. The van der Waals surface area contributed by atoms with Gasteiger partial charge in [0.15, 0.2) is 0 Å². The lowest BCUT2D eigenvalue weighted by Crippen LogP contribution is -2.05. The summed E-state index contributed by atoms with van der Waals surface area (Å²) in [4.78, 5) is 0. The molecule has 0 saturated heterocycles. The first kappa shape index (κ1) is 8.38. The van der Waals surface area contributed by atoms with E-state index in [4.69, 9.17) is 0 Å². The first-order valence-electron chi connectivity index (χ1n) is 5.02. The number of hydrogen-bond donors (Lipinski definition) is 0. The van der Waals surface area contributed by atoms with E-state index in [0.717, 1.165) is 30.0 Å². The summed E-state index contributed by atoms with van der Waals surface area (Å²) in [6.07, 6.45) is 0.628. The number of alkyl halides is 2. The van der Waals surface area contributed by atoms with Crippen molar-refractivity contribution in [3.8, 4) is 0 Å². The molecule has 2 aliphatic rings. The minimum absolute atomic E-state index is 0.0212. The second-order valence-corrected chi connectivity index (χ2v) is 4.31. The Balaban J connectivity index is 2.13. The molecule has 3 rings (SSSR count). The molecule has 0 aromatic carbocycles. The van der Waals surface area contributed by atoms with Gasteiger partial charge in [-0.05, 0) is 25.2 Å². The van der Waals surface area contributed by atoms with E-state index in [-0.39, 0.29) is 5.69 Å². The Bertz CT molecular complexity index is 384. The molecular weight excluding hydrogens is 186 g/mol. The predicted octanol–water partition coefficient (Wildman–Crippen LogP) is 2.41. The Labute approximate surface area is 80.9 Å². The molecule has 0 aliphatic heterocycles. The third kappa shape index (κ3) is 0.967. The number of aryl methyl sites for hydroxylation is 1. The second-order valence-electron chi connectivity index (χ2n) is 4.31. The Morgan fingerprint density at radius 2 is 2.29 bits per heavy atom. The molecule has 1 saturated carbocycles. The lowest BCUT2D eigenvalue weighted by molar-refractivity contribution is 0.144. The lowest BCUT2D eigenvalue weighted by atomic mass is 9.96. The zero-order valence-electron chi connectivity index (χ0n) is 8.00. The van der Waals surface area contributed by atoms with Gasteiger partial charge in [-0.25, -0.2) is 8.78 Å². The van der Waals surface area contributed by atoms with Crippen LogP contribution in [0.4, 0.5) is 8.78 Å². The normalized spacial score (nSPS) is 28.9. The number of hydrogen-bond acceptors (Lipinski definition) is 1. The van der Waals surface area contributed by atoms with E-state index >= 15 is 0 Å². The summed E-state index contributed by atoms with van der Waals surface area (Å²) in [5, 5.41) is 3.94.